The molecule has 1 amide bonds. The molecule has 0 aromatic carbocycles. The average Bonchev–Trinajstić information content (AvgIpc) is 1.68. The molecule has 0 bridgehead atoms. The fourth-order valence-corrected chi connectivity index (χ4v) is 0.0985. The zero-order valence-corrected chi connectivity index (χ0v) is 3.96. The normalized spacial score (nSPS) is 7.00. The summed E-state index contributed by atoms with van der Waals surface area (Å²) in [6.45, 7) is 0.0431. The molecule has 0 aromatic rings. The number of hydrogen-bond acceptors (Lipinski definition) is 3. The maximum Gasteiger partial charge on any atom is 0.322 e. The Hall–Kier alpha value is -0.770. The molecule has 0 atom stereocenters. The molecule has 0 aliphatic rings. The summed E-state index contributed by atoms with van der Waals surface area (Å²) >= 11 is 4.78. The first kappa shape index (κ1) is 6.23. The van der Waals surface area contributed by atoms with Gasteiger partial charge in [-0.3, -0.25) is 9.59 Å². The first-order valence-electron chi connectivity index (χ1n) is 1.32. The van der Waals surface area contributed by atoms with Crippen LogP contribution in [-0.2, 0) is 14.4 Å². The smallest absolute Gasteiger partial charge is 0.322 e. The fourth-order valence-electron chi connectivity index (χ4n) is 0.0660. The van der Waals surface area contributed by atoms with Gasteiger partial charge in [0.15, 0.2) is 0 Å². The van der Waals surface area contributed by atoms with Crippen molar-refractivity contribution in [3.8, 4) is 0 Å². The predicted octanol–water partition coefficient (Wildman–Crippen LogP) is -0.313. The number of amides is 1. The molecular formula is C2H2ClNO3. The van der Waals surface area contributed by atoms with E-state index >= 15 is 0 Å². The van der Waals surface area contributed by atoms with Crippen LogP contribution < -0.4 is 0 Å². The van der Waals surface area contributed by atoms with Crippen molar-refractivity contribution in [2.24, 2.45) is 0 Å². The summed E-state index contributed by atoms with van der Waals surface area (Å²) in [5, 5.41) is 0. The number of carbonyl (C=O) groups excluding carboxylic acids is 2. The minimum Gasteiger partial charge on any atom is -0.326 e. The lowest BCUT2D eigenvalue weighted by Crippen LogP contribution is -2.07. The SMILES string of the molecule is O=CON(Cl)C=O. The van der Waals surface area contributed by atoms with Gasteiger partial charge < -0.3 is 4.84 Å². The van der Waals surface area contributed by atoms with E-state index in [1.165, 1.54) is 0 Å². The molecule has 0 unspecified atom stereocenters. The molecular weight excluding hydrogens is 121 g/mol. The molecule has 0 saturated heterocycles. The molecule has 0 fully saturated rings. The number of halogens is 1. The summed E-state index contributed by atoms with van der Waals surface area (Å²) in [6, 6.07) is 0. The Morgan fingerprint density at radius 2 is 2.14 bits per heavy atom. The molecule has 0 aliphatic carbocycles. The number of nitrogens with zero attached hydrogens (tertiary/aromatic N) is 1. The van der Waals surface area contributed by atoms with Crippen LogP contribution in [-0.4, -0.2) is 17.5 Å². The summed E-state index contributed by atoms with van der Waals surface area (Å²) in [7, 11) is 0. The van der Waals surface area contributed by atoms with E-state index in [4.69, 9.17) is 11.8 Å². The number of rotatable bonds is 3. The minimum atomic E-state index is 0.0431. The van der Waals surface area contributed by atoms with Gasteiger partial charge in [-0.15, -0.1) is 0 Å². The van der Waals surface area contributed by atoms with Crippen LogP contribution in [0.1, 0.15) is 0 Å². The molecule has 4 nitrogen and oxygen atoms in total. The van der Waals surface area contributed by atoms with Crippen LogP contribution in [0.2, 0.25) is 0 Å². The number of carbonyl (C=O) groups is 2. The first-order chi connectivity index (χ1) is 3.31. The van der Waals surface area contributed by atoms with Gasteiger partial charge in [0.1, 0.15) is 0 Å². The second-order valence-corrected chi connectivity index (χ2v) is 0.912. The van der Waals surface area contributed by atoms with Crippen LogP contribution in [0.3, 0.4) is 0 Å². The lowest BCUT2D eigenvalue weighted by Gasteiger charge is -1.97. The molecule has 0 aromatic heterocycles. The van der Waals surface area contributed by atoms with Crippen LogP contribution in [0.5, 0.6) is 0 Å². The Morgan fingerprint density at radius 1 is 1.57 bits per heavy atom. The van der Waals surface area contributed by atoms with Crippen molar-refractivity contribution >= 4 is 24.7 Å². The molecule has 40 valence electrons. The largest absolute Gasteiger partial charge is 0.326 e. The monoisotopic (exact) mass is 123 g/mol. The van der Waals surface area contributed by atoms with Gasteiger partial charge in [0.25, 0.3) is 6.41 Å². The third kappa shape index (κ3) is 3.05. The standard InChI is InChI=1S/C2H2ClNO3/c3-4(1-5)7-2-6/h1-2H. The van der Waals surface area contributed by atoms with E-state index in [0.29, 0.717) is 0 Å². The van der Waals surface area contributed by atoms with Crippen molar-refractivity contribution in [2.45, 2.75) is 0 Å². The van der Waals surface area contributed by atoms with Gasteiger partial charge in [0.2, 0.25) is 0 Å². The van der Waals surface area contributed by atoms with Crippen LogP contribution in [0, 0.1) is 0 Å². The topological polar surface area (TPSA) is 46.6 Å². The zero-order valence-electron chi connectivity index (χ0n) is 3.20. The molecule has 0 radical (unpaired) electrons. The van der Waals surface area contributed by atoms with Crippen LogP contribution in [0.25, 0.3) is 0 Å². The van der Waals surface area contributed by atoms with Gasteiger partial charge in [-0.05, 0) is 0 Å². The Labute approximate surface area is 44.7 Å². The summed E-state index contributed by atoms with van der Waals surface area (Å²) in [5.74, 6) is 0. The predicted molar refractivity (Wildman–Crippen MR) is 20.9 cm³/mol. The Balaban J connectivity index is 3.15. The molecule has 0 N–H and O–H groups in total. The van der Waals surface area contributed by atoms with Crippen LogP contribution >= 0.6 is 11.8 Å². The van der Waals surface area contributed by atoms with E-state index in [0.717, 1.165) is 0 Å². The number of hydrogen-bond donors (Lipinski definition) is 0. The third-order valence-corrected chi connectivity index (χ3v) is 0.386. The molecule has 0 rings (SSSR count). The molecule has 0 aliphatic heterocycles. The summed E-state index contributed by atoms with van der Waals surface area (Å²) in [4.78, 5) is 22.4. The Morgan fingerprint density at radius 3 is 2.29 bits per heavy atom. The van der Waals surface area contributed by atoms with Crippen molar-refractivity contribution in [1.29, 1.82) is 0 Å². The van der Waals surface area contributed by atoms with Gasteiger partial charge in [0, 0.05) is 0 Å². The van der Waals surface area contributed by atoms with Crippen molar-refractivity contribution < 1.29 is 14.4 Å². The minimum absolute atomic E-state index is 0.0431. The van der Waals surface area contributed by atoms with E-state index in [9.17, 15) is 9.59 Å². The van der Waals surface area contributed by atoms with E-state index < -0.39 is 0 Å². The fraction of sp³-hybridized carbons (Fsp3) is 0. The van der Waals surface area contributed by atoms with Crippen LogP contribution in [0.15, 0.2) is 0 Å². The quantitative estimate of drug-likeness (QED) is 0.294. The third-order valence-electron chi connectivity index (χ3n) is 0.227. The highest BCUT2D eigenvalue weighted by Crippen LogP contribution is 1.83. The van der Waals surface area contributed by atoms with E-state index in [-0.39, 0.29) is 17.5 Å². The second kappa shape index (κ2) is 3.42. The number of hydroxylamine groups is 1. The highest BCUT2D eigenvalue weighted by Gasteiger charge is 1.88. The molecule has 0 heterocycles. The molecule has 5 heteroatoms. The molecule has 7 heavy (non-hydrogen) atoms. The van der Waals surface area contributed by atoms with Gasteiger partial charge in [-0.25, -0.2) is 0 Å². The summed E-state index contributed by atoms with van der Waals surface area (Å²) in [6.07, 6.45) is 0.149. The lowest BCUT2D eigenvalue weighted by molar-refractivity contribution is -0.159. The zero-order chi connectivity index (χ0) is 5.70. The van der Waals surface area contributed by atoms with Crippen molar-refractivity contribution in [3.63, 3.8) is 0 Å². The maximum absolute atomic E-state index is 9.40. The highest BCUT2D eigenvalue weighted by molar-refractivity contribution is 6.17. The Bertz CT molecular complexity index is 75.3. The molecule has 0 saturated carbocycles. The maximum atomic E-state index is 9.40. The lowest BCUT2D eigenvalue weighted by atomic mass is 11.4. The van der Waals surface area contributed by atoms with E-state index in [1.807, 2.05) is 0 Å². The van der Waals surface area contributed by atoms with E-state index in [1.54, 1.807) is 0 Å². The summed E-state index contributed by atoms with van der Waals surface area (Å²) in [5.41, 5.74) is 0. The van der Waals surface area contributed by atoms with E-state index in [2.05, 4.69) is 4.84 Å². The Kier molecular flexibility index (Phi) is 3.04. The van der Waals surface area contributed by atoms with Crippen molar-refractivity contribution in [3.05, 3.63) is 0 Å². The van der Waals surface area contributed by atoms with Crippen molar-refractivity contribution in [1.82, 2.24) is 4.58 Å². The first-order valence-corrected chi connectivity index (χ1v) is 1.65. The van der Waals surface area contributed by atoms with Crippen LogP contribution in [0.4, 0.5) is 0 Å². The highest BCUT2D eigenvalue weighted by atomic mass is 35.5. The second-order valence-electron chi connectivity index (χ2n) is 0.579. The van der Waals surface area contributed by atoms with Gasteiger partial charge >= 0.3 is 6.47 Å². The summed E-state index contributed by atoms with van der Waals surface area (Å²) < 4.78 is 0.229. The average molecular weight is 123 g/mol. The van der Waals surface area contributed by atoms with Gasteiger partial charge in [0.05, 0.1) is 11.8 Å². The van der Waals surface area contributed by atoms with Crippen molar-refractivity contribution in [2.75, 3.05) is 0 Å². The van der Waals surface area contributed by atoms with Gasteiger partial charge in [-0.2, -0.15) is 0 Å². The molecule has 0 spiro atoms. The van der Waals surface area contributed by atoms with Gasteiger partial charge in [-0.1, -0.05) is 4.58 Å².